The molecule has 0 aromatic heterocycles. The molecule has 0 fully saturated rings. The highest BCUT2D eigenvalue weighted by Gasteiger charge is 2.09. The standard InChI is InChI=1S/C17H30N4O2/c1-18-17(19-10-11-20(2)12-13-22-4)21(3)14-15-8-6-7-9-16(15)23-5/h6-9H,10-14H2,1-5H3,(H,18,19). The van der Waals surface area contributed by atoms with Crippen molar-refractivity contribution < 1.29 is 9.47 Å². The molecule has 0 radical (unpaired) electrons. The van der Waals surface area contributed by atoms with E-state index in [4.69, 9.17) is 9.47 Å². The van der Waals surface area contributed by atoms with Crippen LogP contribution in [0, 0.1) is 0 Å². The van der Waals surface area contributed by atoms with E-state index >= 15 is 0 Å². The molecule has 0 amide bonds. The van der Waals surface area contributed by atoms with E-state index in [0.717, 1.165) is 50.1 Å². The summed E-state index contributed by atoms with van der Waals surface area (Å²) in [6.07, 6.45) is 0. The zero-order chi connectivity index (χ0) is 17.1. The molecular formula is C17H30N4O2. The smallest absolute Gasteiger partial charge is 0.193 e. The molecule has 0 spiro atoms. The van der Waals surface area contributed by atoms with Crippen molar-refractivity contribution >= 4 is 5.96 Å². The molecule has 1 aromatic rings. The number of nitrogens with one attached hydrogen (secondary N) is 1. The highest BCUT2D eigenvalue weighted by atomic mass is 16.5. The molecule has 23 heavy (non-hydrogen) atoms. The summed E-state index contributed by atoms with van der Waals surface area (Å²) >= 11 is 0. The molecule has 1 aromatic carbocycles. The predicted molar refractivity (Wildman–Crippen MR) is 95.2 cm³/mol. The molecule has 6 nitrogen and oxygen atoms in total. The number of hydrogen-bond donors (Lipinski definition) is 1. The van der Waals surface area contributed by atoms with Crippen LogP contribution < -0.4 is 10.1 Å². The number of likely N-dealkylation sites (N-methyl/N-ethyl adjacent to an activating group) is 1. The first kappa shape index (κ1) is 19.3. The molecule has 6 heteroatoms. The normalized spacial score (nSPS) is 11.7. The minimum absolute atomic E-state index is 0.739. The molecule has 130 valence electrons. The van der Waals surface area contributed by atoms with Crippen molar-refractivity contribution in [1.29, 1.82) is 0 Å². The van der Waals surface area contributed by atoms with E-state index in [9.17, 15) is 0 Å². The maximum absolute atomic E-state index is 5.40. The second-order valence-electron chi connectivity index (χ2n) is 5.44. The summed E-state index contributed by atoms with van der Waals surface area (Å²) in [6.45, 7) is 4.18. The van der Waals surface area contributed by atoms with Gasteiger partial charge in [0.1, 0.15) is 5.75 Å². The average molecular weight is 322 g/mol. The average Bonchev–Trinajstić information content (AvgIpc) is 2.57. The van der Waals surface area contributed by atoms with Gasteiger partial charge in [-0.15, -0.1) is 0 Å². The molecule has 0 aliphatic heterocycles. The molecule has 0 bridgehead atoms. The topological polar surface area (TPSA) is 49.3 Å². The highest BCUT2D eigenvalue weighted by molar-refractivity contribution is 5.79. The molecule has 0 aliphatic rings. The van der Waals surface area contributed by atoms with Crippen LogP contribution in [0.2, 0.25) is 0 Å². The van der Waals surface area contributed by atoms with Gasteiger partial charge in [0.15, 0.2) is 5.96 Å². The first-order valence-electron chi connectivity index (χ1n) is 7.83. The van der Waals surface area contributed by atoms with E-state index < -0.39 is 0 Å². The van der Waals surface area contributed by atoms with Crippen LogP contribution in [0.4, 0.5) is 0 Å². The van der Waals surface area contributed by atoms with Crippen LogP contribution in [-0.2, 0) is 11.3 Å². The van der Waals surface area contributed by atoms with Crippen molar-refractivity contribution in [2.75, 3.05) is 61.6 Å². The Hall–Kier alpha value is -1.79. The van der Waals surface area contributed by atoms with Crippen molar-refractivity contribution in [3.05, 3.63) is 29.8 Å². The maximum Gasteiger partial charge on any atom is 0.193 e. The van der Waals surface area contributed by atoms with Gasteiger partial charge in [-0.25, -0.2) is 0 Å². The zero-order valence-corrected chi connectivity index (χ0v) is 15.0. The number of rotatable bonds is 9. The fourth-order valence-electron chi connectivity index (χ4n) is 2.27. The van der Waals surface area contributed by atoms with Crippen LogP contribution in [0.25, 0.3) is 0 Å². The number of ether oxygens (including phenoxy) is 2. The van der Waals surface area contributed by atoms with Crippen LogP contribution in [0.1, 0.15) is 5.56 Å². The van der Waals surface area contributed by atoms with E-state index in [2.05, 4.69) is 33.2 Å². The van der Waals surface area contributed by atoms with Crippen molar-refractivity contribution in [1.82, 2.24) is 15.1 Å². The monoisotopic (exact) mass is 322 g/mol. The third kappa shape index (κ3) is 6.88. The predicted octanol–water partition coefficient (Wildman–Crippen LogP) is 1.28. The Balaban J connectivity index is 2.48. The third-order valence-corrected chi connectivity index (χ3v) is 3.63. The molecule has 0 unspecified atom stereocenters. The molecule has 0 saturated heterocycles. The Morgan fingerprint density at radius 1 is 1.17 bits per heavy atom. The van der Waals surface area contributed by atoms with Crippen LogP contribution in [0.5, 0.6) is 5.75 Å². The number of para-hydroxylation sites is 1. The SMILES string of the molecule is CN=C(NCCN(C)CCOC)N(C)Cc1ccccc1OC. The van der Waals surface area contributed by atoms with Gasteiger partial charge in [-0.2, -0.15) is 0 Å². The third-order valence-electron chi connectivity index (χ3n) is 3.63. The maximum atomic E-state index is 5.40. The minimum atomic E-state index is 0.739. The molecule has 0 atom stereocenters. The van der Waals surface area contributed by atoms with Crippen molar-refractivity contribution in [2.45, 2.75) is 6.54 Å². The van der Waals surface area contributed by atoms with Gasteiger partial charge in [0.05, 0.1) is 13.7 Å². The van der Waals surface area contributed by atoms with Crippen LogP contribution in [-0.4, -0.2) is 77.4 Å². The van der Waals surface area contributed by atoms with Gasteiger partial charge >= 0.3 is 0 Å². The van der Waals surface area contributed by atoms with Crippen LogP contribution in [0.3, 0.4) is 0 Å². The van der Waals surface area contributed by atoms with E-state index in [1.165, 1.54) is 0 Å². The fraction of sp³-hybridized carbons (Fsp3) is 0.588. The van der Waals surface area contributed by atoms with Crippen molar-refractivity contribution in [2.24, 2.45) is 4.99 Å². The van der Waals surface area contributed by atoms with Gasteiger partial charge < -0.3 is 24.6 Å². The molecule has 0 aliphatic carbocycles. The summed E-state index contributed by atoms with van der Waals surface area (Å²) in [7, 11) is 9.33. The van der Waals surface area contributed by atoms with Crippen LogP contribution in [0.15, 0.2) is 29.3 Å². The Morgan fingerprint density at radius 3 is 2.57 bits per heavy atom. The van der Waals surface area contributed by atoms with E-state index in [1.54, 1.807) is 21.3 Å². The highest BCUT2D eigenvalue weighted by Crippen LogP contribution is 2.18. The lowest BCUT2D eigenvalue weighted by Crippen LogP contribution is -2.42. The summed E-state index contributed by atoms with van der Waals surface area (Å²) in [5.74, 6) is 1.77. The lowest BCUT2D eigenvalue weighted by atomic mass is 10.2. The molecule has 1 N–H and O–H groups in total. The number of nitrogens with zero attached hydrogens (tertiary/aromatic N) is 3. The molecular weight excluding hydrogens is 292 g/mol. The van der Waals surface area contributed by atoms with E-state index in [0.29, 0.717) is 0 Å². The second-order valence-corrected chi connectivity index (χ2v) is 5.44. The Morgan fingerprint density at radius 2 is 1.91 bits per heavy atom. The minimum Gasteiger partial charge on any atom is -0.496 e. The second kappa shape index (κ2) is 10.9. The van der Waals surface area contributed by atoms with Gasteiger partial charge in [-0.05, 0) is 13.1 Å². The lowest BCUT2D eigenvalue weighted by Gasteiger charge is -2.24. The van der Waals surface area contributed by atoms with Crippen molar-refractivity contribution in [3.63, 3.8) is 0 Å². The summed E-state index contributed by atoms with van der Waals surface area (Å²) in [5, 5.41) is 3.39. The van der Waals surface area contributed by atoms with Gasteiger partial charge in [-0.3, -0.25) is 4.99 Å². The van der Waals surface area contributed by atoms with Gasteiger partial charge in [0, 0.05) is 52.9 Å². The lowest BCUT2D eigenvalue weighted by molar-refractivity contribution is 0.162. The summed E-state index contributed by atoms with van der Waals surface area (Å²) in [4.78, 5) is 8.66. The molecule has 1 rings (SSSR count). The van der Waals surface area contributed by atoms with Gasteiger partial charge in [0.25, 0.3) is 0 Å². The quantitative estimate of drug-likeness (QED) is 0.548. The van der Waals surface area contributed by atoms with Gasteiger partial charge in [-0.1, -0.05) is 18.2 Å². The fourth-order valence-corrected chi connectivity index (χ4v) is 2.27. The number of hydrogen-bond acceptors (Lipinski definition) is 4. The summed E-state index contributed by atoms with van der Waals surface area (Å²) < 4.78 is 10.5. The molecule has 0 heterocycles. The summed E-state index contributed by atoms with van der Waals surface area (Å²) in [5.41, 5.74) is 1.14. The largest absolute Gasteiger partial charge is 0.496 e. The Kier molecular flexibility index (Phi) is 9.09. The first-order chi connectivity index (χ1) is 11.1. The Labute approximate surface area is 140 Å². The van der Waals surface area contributed by atoms with E-state index in [-0.39, 0.29) is 0 Å². The van der Waals surface area contributed by atoms with Crippen LogP contribution >= 0.6 is 0 Å². The van der Waals surface area contributed by atoms with Crippen molar-refractivity contribution in [3.8, 4) is 5.75 Å². The number of aliphatic imine (C=N–C) groups is 1. The number of methoxy groups -OCH3 is 2. The van der Waals surface area contributed by atoms with E-state index in [1.807, 2.05) is 25.2 Å². The number of benzene rings is 1. The number of guanidine groups is 1. The van der Waals surface area contributed by atoms with Gasteiger partial charge in [0.2, 0.25) is 0 Å². The first-order valence-corrected chi connectivity index (χ1v) is 7.83. The molecule has 0 saturated carbocycles. The zero-order valence-electron chi connectivity index (χ0n) is 15.0. The summed E-state index contributed by atoms with van der Waals surface area (Å²) in [6, 6.07) is 8.04. The Bertz CT molecular complexity index is 479.